The van der Waals surface area contributed by atoms with Crippen LogP contribution in [0.25, 0.3) is 0 Å². The first-order valence-corrected chi connectivity index (χ1v) is 7.23. The second-order valence-electron chi connectivity index (χ2n) is 4.58. The van der Waals surface area contributed by atoms with E-state index < -0.39 is 22.9 Å². The maximum Gasteiger partial charge on any atom is 0.402 e. The largest absolute Gasteiger partial charge is 0.402 e. The van der Waals surface area contributed by atoms with Gasteiger partial charge in [0.25, 0.3) is 10.2 Å². The Labute approximate surface area is 104 Å². The quantitative estimate of drug-likeness (QED) is 0.688. The molecule has 18 heavy (non-hydrogen) atoms. The molecule has 2 atom stereocenters. The van der Waals surface area contributed by atoms with E-state index in [0.29, 0.717) is 6.42 Å². The van der Waals surface area contributed by atoms with Crippen LogP contribution in [0.5, 0.6) is 0 Å². The molecule has 0 bridgehead atoms. The first kappa shape index (κ1) is 15.7. The van der Waals surface area contributed by atoms with E-state index in [0.717, 1.165) is 19.3 Å². The Bertz CT molecular complexity index is 359. The van der Waals surface area contributed by atoms with Crippen LogP contribution in [-0.4, -0.2) is 33.7 Å². The van der Waals surface area contributed by atoms with Gasteiger partial charge in [-0.3, -0.25) is 0 Å². The molecule has 1 rings (SSSR count). The Morgan fingerprint density at radius 2 is 1.89 bits per heavy atom. The lowest BCUT2D eigenvalue weighted by Gasteiger charge is -2.26. The van der Waals surface area contributed by atoms with E-state index in [-0.39, 0.29) is 18.5 Å². The fourth-order valence-electron chi connectivity index (χ4n) is 1.97. The lowest BCUT2D eigenvalue weighted by molar-refractivity contribution is -0.121. The maximum absolute atomic E-state index is 11.9. The summed E-state index contributed by atoms with van der Waals surface area (Å²) in [6.45, 7) is -1.44. The summed E-state index contributed by atoms with van der Waals surface area (Å²) in [5.74, 6) is 0.0937. The van der Waals surface area contributed by atoms with E-state index in [1.54, 1.807) is 0 Å². The topological polar surface area (TPSA) is 84.2 Å². The lowest BCUT2D eigenvalue weighted by atomic mass is 9.86. The third kappa shape index (κ3) is 6.53. The van der Waals surface area contributed by atoms with Gasteiger partial charge in [0.05, 0.1) is 0 Å². The van der Waals surface area contributed by atoms with Gasteiger partial charge in [-0.2, -0.15) is 26.3 Å². The van der Waals surface area contributed by atoms with E-state index in [9.17, 15) is 21.6 Å². The van der Waals surface area contributed by atoms with E-state index in [2.05, 4.69) is 4.72 Å². The zero-order valence-corrected chi connectivity index (χ0v) is 10.6. The molecule has 1 saturated carbocycles. The van der Waals surface area contributed by atoms with Crippen molar-refractivity contribution in [3.63, 3.8) is 0 Å². The molecule has 0 aromatic rings. The minimum absolute atomic E-state index is 0.0522. The second-order valence-corrected chi connectivity index (χ2v) is 6.17. The summed E-state index contributed by atoms with van der Waals surface area (Å²) in [6, 6.07) is 0.0522. The molecule has 0 spiro atoms. The van der Waals surface area contributed by atoms with E-state index in [4.69, 9.17) is 5.73 Å². The Balaban J connectivity index is 2.32. The monoisotopic (exact) mass is 289 g/mol. The zero-order chi connectivity index (χ0) is 13.8. The molecule has 0 aromatic heterocycles. The van der Waals surface area contributed by atoms with Crippen molar-refractivity contribution < 1.29 is 21.6 Å². The SMILES string of the molecule is NC1CCCC(CNS(=O)(=O)NCC(F)(F)F)C1. The van der Waals surface area contributed by atoms with Crippen LogP contribution < -0.4 is 15.2 Å². The van der Waals surface area contributed by atoms with Crippen LogP contribution in [0, 0.1) is 5.92 Å². The average Bonchev–Trinajstić information content (AvgIpc) is 2.24. The summed E-state index contributed by atoms with van der Waals surface area (Å²) in [7, 11) is -4.09. The molecule has 2 unspecified atom stereocenters. The third-order valence-corrected chi connectivity index (χ3v) is 3.92. The van der Waals surface area contributed by atoms with Crippen LogP contribution in [0.2, 0.25) is 0 Å². The number of nitrogens with one attached hydrogen (secondary N) is 2. The van der Waals surface area contributed by atoms with E-state index in [1.165, 1.54) is 4.72 Å². The van der Waals surface area contributed by atoms with Gasteiger partial charge in [0.15, 0.2) is 0 Å². The molecule has 0 aliphatic heterocycles. The molecular formula is C9H18F3N3O2S. The highest BCUT2D eigenvalue weighted by molar-refractivity contribution is 7.87. The summed E-state index contributed by atoms with van der Waals surface area (Å²) >= 11 is 0. The maximum atomic E-state index is 11.9. The molecule has 1 aliphatic rings. The van der Waals surface area contributed by atoms with Gasteiger partial charge >= 0.3 is 6.18 Å². The number of alkyl halides is 3. The van der Waals surface area contributed by atoms with Crippen LogP contribution in [0.1, 0.15) is 25.7 Å². The molecule has 1 fully saturated rings. The summed E-state index contributed by atoms with van der Waals surface area (Å²) in [5.41, 5.74) is 5.74. The molecular weight excluding hydrogens is 271 g/mol. The number of hydrogen-bond acceptors (Lipinski definition) is 3. The van der Waals surface area contributed by atoms with Gasteiger partial charge in [0.1, 0.15) is 6.54 Å². The minimum atomic E-state index is -4.55. The van der Waals surface area contributed by atoms with Gasteiger partial charge in [0.2, 0.25) is 0 Å². The van der Waals surface area contributed by atoms with Crippen LogP contribution in [0.3, 0.4) is 0 Å². The summed E-state index contributed by atoms with van der Waals surface area (Å²) in [4.78, 5) is 0. The Morgan fingerprint density at radius 3 is 2.44 bits per heavy atom. The summed E-state index contributed by atoms with van der Waals surface area (Å²) < 4.78 is 61.7. The predicted octanol–water partition coefficient (Wildman–Crippen LogP) is 0.490. The molecule has 0 heterocycles. The fourth-order valence-corrected chi connectivity index (χ4v) is 2.88. The highest BCUT2D eigenvalue weighted by atomic mass is 32.2. The molecule has 0 aromatic carbocycles. The molecule has 0 radical (unpaired) electrons. The van der Waals surface area contributed by atoms with Crippen molar-refractivity contribution in [1.82, 2.24) is 9.44 Å². The van der Waals surface area contributed by atoms with Crippen LogP contribution in [0.4, 0.5) is 13.2 Å². The molecule has 5 nitrogen and oxygen atoms in total. The molecule has 0 saturated heterocycles. The van der Waals surface area contributed by atoms with Crippen LogP contribution >= 0.6 is 0 Å². The van der Waals surface area contributed by atoms with Gasteiger partial charge in [-0.05, 0) is 25.2 Å². The first-order valence-electron chi connectivity index (χ1n) is 5.74. The first-order chi connectivity index (χ1) is 8.18. The smallest absolute Gasteiger partial charge is 0.328 e. The van der Waals surface area contributed by atoms with E-state index >= 15 is 0 Å². The molecule has 9 heteroatoms. The molecule has 4 N–H and O–H groups in total. The normalized spacial score (nSPS) is 26.2. The molecule has 1 aliphatic carbocycles. The molecule has 0 amide bonds. The van der Waals surface area contributed by atoms with Crippen LogP contribution in [0.15, 0.2) is 0 Å². The highest BCUT2D eigenvalue weighted by Crippen LogP contribution is 2.22. The van der Waals surface area contributed by atoms with Gasteiger partial charge < -0.3 is 5.73 Å². The van der Waals surface area contributed by atoms with Crippen molar-refractivity contribution in [3.05, 3.63) is 0 Å². The standard InChI is InChI=1S/C9H18F3N3O2S/c10-9(11,12)6-15-18(16,17)14-5-7-2-1-3-8(13)4-7/h7-8,14-15H,1-6,13H2. The van der Waals surface area contributed by atoms with Crippen molar-refractivity contribution in [2.75, 3.05) is 13.1 Å². The Hall–Kier alpha value is -0.380. The van der Waals surface area contributed by atoms with Crippen molar-refractivity contribution in [2.24, 2.45) is 11.7 Å². The van der Waals surface area contributed by atoms with Crippen molar-refractivity contribution in [3.8, 4) is 0 Å². The van der Waals surface area contributed by atoms with Gasteiger partial charge in [-0.25, -0.2) is 4.72 Å². The summed E-state index contributed by atoms with van der Waals surface area (Å²) in [5, 5.41) is 0. The van der Waals surface area contributed by atoms with Crippen LogP contribution in [-0.2, 0) is 10.2 Å². The lowest BCUT2D eigenvalue weighted by Crippen LogP contribution is -2.44. The van der Waals surface area contributed by atoms with Crippen molar-refractivity contribution >= 4 is 10.2 Å². The van der Waals surface area contributed by atoms with E-state index in [1.807, 2.05) is 0 Å². The van der Waals surface area contributed by atoms with Gasteiger partial charge in [-0.15, -0.1) is 0 Å². The summed E-state index contributed by atoms with van der Waals surface area (Å²) in [6.07, 6.45) is -1.18. The predicted molar refractivity (Wildman–Crippen MR) is 60.9 cm³/mol. The fraction of sp³-hybridized carbons (Fsp3) is 1.00. The zero-order valence-electron chi connectivity index (χ0n) is 9.83. The number of hydrogen-bond donors (Lipinski definition) is 3. The average molecular weight is 289 g/mol. The number of rotatable bonds is 5. The third-order valence-electron chi connectivity index (χ3n) is 2.85. The van der Waals surface area contributed by atoms with Gasteiger partial charge in [-0.1, -0.05) is 6.42 Å². The number of nitrogens with two attached hydrogens (primary N) is 1. The van der Waals surface area contributed by atoms with Gasteiger partial charge in [0, 0.05) is 12.6 Å². The van der Waals surface area contributed by atoms with Crippen molar-refractivity contribution in [1.29, 1.82) is 0 Å². The minimum Gasteiger partial charge on any atom is -0.328 e. The van der Waals surface area contributed by atoms with Crippen molar-refractivity contribution in [2.45, 2.75) is 37.9 Å². The number of halogens is 3. The Kier molecular flexibility index (Phi) is 5.38. The second kappa shape index (κ2) is 6.18. The Morgan fingerprint density at radius 1 is 1.22 bits per heavy atom. The molecule has 108 valence electrons. The highest BCUT2D eigenvalue weighted by Gasteiger charge is 2.29.